The lowest BCUT2D eigenvalue weighted by molar-refractivity contribution is 0.497. The van der Waals surface area contributed by atoms with E-state index < -0.39 is 0 Å². The number of halogens is 2. The molecule has 1 unspecified atom stereocenters. The molecule has 2 aromatic rings. The molecule has 0 aliphatic heterocycles. The molecule has 0 saturated heterocycles. The molecule has 1 heterocycles. The molecule has 0 radical (unpaired) electrons. The minimum atomic E-state index is -0.226. The summed E-state index contributed by atoms with van der Waals surface area (Å²) in [5.41, 5.74) is 1.70. The van der Waals surface area contributed by atoms with Crippen LogP contribution in [0.15, 0.2) is 30.6 Å². The number of aromatic nitrogens is 2. The van der Waals surface area contributed by atoms with E-state index in [2.05, 4.69) is 17.3 Å². The number of nitrogens with zero attached hydrogens (tertiary/aromatic N) is 2. The van der Waals surface area contributed by atoms with Gasteiger partial charge in [-0.2, -0.15) is 5.10 Å². The Morgan fingerprint density at radius 3 is 2.86 bits per heavy atom. The van der Waals surface area contributed by atoms with Gasteiger partial charge in [-0.15, -0.1) is 0 Å². The molecule has 0 amide bonds. The highest BCUT2D eigenvalue weighted by molar-refractivity contribution is 6.30. The van der Waals surface area contributed by atoms with Crippen molar-refractivity contribution in [2.45, 2.75) is 39.3 Å². The lowest BCUT2D eigenvalue weighted by Gasteiger charge is -2.19. The van der Waals surface area contributed by atoms with Crippen LogP contribution in [0.25, 0.3) is 0 Å². The van der Waals surface area contributed by atoms with Gasteiger partial charge < -0.3 is 5.32 Å². The van der Waals surface area contributed by atoms with E-state index in [0.29, 0.717) is 17.0 Å². The van der Waals surface area contributed by atoms with Gasteiger partial charge in [0.05, 0.1) is 6.20 Å². The Morgan fingerprint density at radius 1 is 1.38 bits per heavy atom. The molecule has 1 atom stereocenters. The molecule has 1 aromatic carbocycles. The van der Waals surface area contributed by atoms with Gasteiger partial charge in [-0.3, -0.25) is 4.68 Å². The number of rotatable bonds is 7. The molecule has 21 heavy (non-hydrogen) atoms. The molecule has 0 aliphatic carbocycles. The summed E-state index contributed by atoms with van der Waals surface area (Å²) in [5.74, 6) is -0.226. The first-order valence-corrected chi connectivity index (χ1v) is 7.71. The smallest absolute Gasteiger partial charge is 0.128 e. The van der Waals surface area contributed by atoms with E-state index in [1.165, 1.54) is 6.07 Å². The van der Waals surface area contributed by atoms with Crippen molar-refractivity contribution in [1.29, 1.82) is 0 Å². The van der Waals surface area contributed by atoms with Crippen LogP contribution >= 0.6 is 11.6 Å². The summed E-state index contributed by atoms with van der Waals surface area (Å²) >= 11 is 6.01. The van der Waals surface area contributed by atoms with Crippen LogP contribution in [0.4, 0.5) is 4.39 Å². The molecule has 114 valence electrons. The highest BCUT2D eigenvalue weighted by Crippen LogP contribution is 2.24. The average molecular weight is 310 g/mol. The molecule has 1 aromatic heterocycles. The second-order valence-electron chi connectivity index (χ2n) is 5.08. The maximum Gasteiger partial charge on any atom is 0.128 e. The summed E-state index contributed by atoms with van der Waals surface area (Å²) in [7, 11) is 0. The van der Waals surface area contributed by atoms with E-state index in [4.69, 9.17) is 11.6 Å². The topological polar surface area (TPSA) is 29.9 Å². The molecular weight excluding hydrogens is 289 g/mol. The summed E-state index contributed by atoms with van der Waals surface area (Å²) in [6.45, 7) is 5.80. The third kappa shape index (κ3) is 4.29. The molecule has 0 fully saturated rings. The average Bonchev–Trinajstić information content (AvgIpc) is 2.94. The fourth-order valence-corrected chi connectivity index (χ4v) is 2.49. The highest BCUT2D eigenvalue weighted by atomic mass is 35.5. The molecular formula is C16H21ClFN3. The van der Waals surface area contributed by atoms with Gasteiger partial charge in [0.25, 0.3) is 0 Å². The van der Waals surface area contributed by atoms with E-state index in [1.807, 2.05) is 24.0 Å². The molecule has 0 aliphatic rings. The molecule has 2 rings (SSSR count). The quantitative estimate of drug-likeness (QED) is 0.838. The minimum Gasteiger partial charge on any atom is -0.310 e. The van der Waals surface area contributed by atoms with Crippen molar-refractivity contribution < 1.29 is 4.39 Å². The third-order valence-corrected chi connectivity index (χ3v) is 3.66. The van der Waals surface area contributed by atoms with Crippen LogP contribution in [0.3, 0.4) is 0 Å². The summed E-state index contributed by atoms with van der Waals surface area (Å²) in [5, 5.41) is 8.22. The highest BCUT2D eigenvalue weighted by Gasteiger charge is 2.17. The SMILES string of the molecule is CCCNC(Cc1cnn(CC)c1)c1cc(Cl)ccc1F. The number of aryl methyl sites for hydroxylation is 1. The summed E-state index contributed by atoms with van der Waals surface area (Å²) in [4.78, 5) is 0. The zero-order chi connectivity index (χ0) is 15.2. The first-order chi connectivity index (χ1) is 10.1. The van der Waals surface area contributed by atoms with Crippen LogP contribution in [0.1, 0.15) is 37.4 Å². The Morgan fingerprint density at radius 2 is 2.19 bits per heavy atom. The Labute approximate surface area is 130 Å². The Hall–Kier alpha value is -1.39. The first kappa shape index (κ1) is 16.0. The van der Waals surface area contributed by atoms with Gasteiger partial charge in [0.15, 0.2) is 0 Å². The fourth-order valence-electron chi connectivity index (χ4n) is 2.31. The largest absolute Gasteiger partial charge is 0.310 e. The van der Waals surface area contributed by atoms with Crippen molar-refractivity contribution in [3.8, 4) is 0 Å². The fraction of sp³-hybridized carbons (Fsp3) is 0.438. The van der Waals surface area contributed by atoms with Crippen LogP contribution in [0, 0.1) is 5.82 Å². The maximum absolute atomic E-state index is 14.1. The Kier molecular flexibility index (Phi) is 5.76. The molecule has 5 heteroatoms. The van der Waals surface area contributed by atoms with Crippen LogP contribution in [-0.4, -0.2) is 16.3 Å². The van der Waals surface area contributed by atoms with Crippen LogP contribution in [0.5, 0.6) is 0 Å². The minimum absolute atomic E-state index is 0.0989. The Bertz CT molecular complexity index is 583. The van der Waals surface area contributed by atoms with Crippen LogP contribution < -0.4 is 5.32 Å². The van der Waals surface area contributed by atoms with E-state index in [1.54, 1.807) is 12.1 Å². The predicted molar refractivity (Wildman–Crippen MR) is 84.0 cm³/mol. The van der Waals surface area contributed by atoms with Gasteiger partial charge in [-0.05, 0) is 50.1 Å². The van der Waals surface area contributed by atoms with Crippen molar-refractivity contribution in [2.75, 3.05) is 6.54 Å². The van der Waals surface area contributed by atoms with Crippen molar-refractivity contribution in [2.24, 2.45) is 0 Å². The van der Waals surface area contributed by atoms with Crippen LogP contribution in [0.2, 0.25) is 5.02 Å². The summed E-state index contributed by atoms with van der Waals surface area (Å²) in [6, 6.07) is 4.60. The van der Waals surface area contributed by atoms with Gasteiger partial charge in [-0.1, -0.05) is 18.5 Å². The summed E-state index contributed by atoms with van der Waals surface area (Å²) < 4.78 is 16.0. The molecule has 0 saturated carbocycles. The van der Waals surface area contributed by atoms with Crippen molar-refractivity contribution in [3.63, 3.8) is 0 Å². The van der Waals surface area contributed by atoms with Gasteiger partial charge >= 0.3 is 0 Å². The van der Waals surface area contributed by atoms with Gasteiger partial charge in [0.1, 0.15) is 5.82 Å². The second-order valence-corrected chi connectivity index (χ2v) is 5.52. The van der Waals surface area contributed by atoms with Gasteiger partial charge in [0.2, 0.25) is 0 Å². The standard InChI is InChI=1S/C16H21ClFN3/c1-3-7-19-16(8-12-10-20-21(4-2)11-12)14-9-13(17)5-6-15(14)18/h5-6,9-11,16,19H,3-4,7-8H2,1-2H3. The first-order valence-electron chi connectivity index (χ1n) is 7.33. The summed E-state index contributed by atoms with van der Waals surface area (Å²) in [6.07, 6.45) is 5.53. The van der Waals surface area contributed by atoms with E-state index in [-0.39, 0.29) is 11.9 Å². The monoisotopic (exact) mass is 309 g/mol. The van der Waals surface area contributed by atoms with Crippen molar-refractivity contribution in [1.82, 2.24) is 15.1 Å². The molecule has 0 spiro atoms. The lowest BCUT2D eigenvalue weighted by Crippen LogP contribution is -2.25. The van der Waals surface area contributed by atoms with E-state index >= 15 is 0 Å². The zero-order valence-electron chi connectivity index (χ0n) is 12.4. The number of nitrogens with one attached hydrogen (secondary N) is 1. The Balaban J connectivity index is 2.22. The lowest BCUT2D eigenvalue weighted by atomic mass is 10.00. The zero-order valence-corrected chi connectivity index (χ0v) is 13.2. The van der Waals surface area contributed by atoms with Gasteiger partial charge in [0, 0.05) is 29.4 Å². The molecule has 1 N–H and O–H groups in total. The van der Waals surface area contributed by atoms with Crippen LogP contribution in [-0.2, 0) is 13.0 Å². The van der Waals surface area contributed by atoms with E-state index in [0.717, 1.165) is 25.1 Å². The normalized spacial score (nSPS) is 12.6. The van der Waals surface area contributed by atoms with E-state index in [9.17, 15) is 4.39 Å². The molecule has 3 nitrogen and oxygen atoms in total. The second kappa shape index (κ2) is 7.57. The number of benzene rings is 1. The van der Waals surface area contributed by atoms with Gasteiger partial charge in [-0.25, -0.2) is 4.39 Å². The molecule has 0 bridgehead atoms. The predicted octanol–water partition coefficient (Wildman–Crippen LogP) is 3.98. The number of hydrogen-bond donors (Lipinski definition) is 1. The maximum atomic E-state index is 14.1. The third-order valence-electron chi connectivity index (χ3n) is 3.42. The van der Waals surface area contributed by atoms with Crippen molar-refractivity contribution in [3.05, 3.63) is 52.6 Å². The van der Waals surface area contributed by atoms with Crippen molar-refractivity contribution >= 4 is 11.6 Å². The number of hydrogen-bond acceptors (Lipinski definition) is 2.